The molecule has 0 atom stereocenters. The summed E-state index contributed by atoms with van der Waals surface area (Å²) in [5, 5.41) is 0.451. The second kappa shape index (κ2) is 5.80. The second-order valence-corrected chi connectivity index (χ2v) is 4.43. The van der Waals surface area contributed by atoms with E-state index in [4.69, 9.17) is 16.3 Å². The number of nitrogens with zero attached hydrogens (tertiary/aromatic N) is 1. The minimum atomic E-state index is -0.721. The Bertz CT molecular complexity index is 616. The van der Waals surface area contributed by atoms with Gasteiger partial charge in [-0.1, -0.05) is 23.2 Å². The Morgan fingerprint density at radius 1 is 1.42 bits per heavy atom. The standard InChI is InChI=1S/C14H11ClFNO2/c1-9-2-3-13(16)11(6-9)14(18)19-8-10-7-17-5-4-12(10)15/h2-7H,8H2,1H3. The number of carbonyl (C=O) groups is 1. The van der Waals surface area contributed by atoms with Crippen molar-refractivity contribution < 1.29 is 13.9 Å². The largest absolute Gasteiger partial charge is 0.457 e. The van der Waals surface area contributed by atoms with E-state index in [1.54, 1.807) is 19.1 Å². The zero-order valence-corrected chi connectivity index (χ0v) is 10.9. The summed E-state index contributed by atoms with van der Waals surface area (Å²) < 4.78 is 18.5. The molecule has 1 aromatic heterocycles. The van der Waals surface area contributed by atoms with Crippen LogP contribution in [0.5, 0.6) is 0 Å². The molecule has 3 nitrogen and oxygen atoms in total. The van der Waals surface area contributed by atoms with Gasteiger partial charge in [-0.2, -0.15) is 0 Å². The molecule has 98 valence electrons. The third kappa shape index (κ3) is 3.29. The summed E-state index contributed by atoms with van der Waals surface area (Å²) in [7, 11) is 0. The van der Waals surface area contributed by atoms with E-state index in [-0.39, 0.29) is 12.2 Å². The van der Waals surface area contributed by atoms with Crippen molar-refractivity contribution in [3.8, 4) is 0 Å². The van der Waals surface area contributed by atoms with Gasteiger partial charge in [0.05, 0.1) is 10.6 Å². The first-order valence-electron chi connectivity index (χ1n) is 5.59. The highest BCUT2D eigenvalue weighted by molar-refractivity contribution is 6.31. The average molecular weight is 280 g/mol. The third-order valence-corrected chi connectivity index (χ3v) is 2.91. The normalized spacial score (nSPS) is 10.3. The summed E-state index contributed by atoms with van der Waals surface area (Å²) in [5.41, 5.74) is 1.28. The van der Waals surface area contributed by atoms with Gasteiger partial charge in [-0.25, -0.2) is 9.18 Å². The van der Waals surface area contributed by atoms with Crippen LogP contribution in [0.3, 0.4) is 0 Å². The molecule has 0 aliphatic heterocycles. The van der Waals surface area contributed by atoms with Crippen molar-refractivity contribution in [2.75, 3.05) is 0 Å². The highest BCUT2D eigenvalue weighted by Gasteiger charge is 2.14. The fourth-order valence-corrected chi connectivity index (χ4v) is 1.69. The summed E-state index contributed by atoms with van der Waals surface area (Å²) in [6.07, 6.45) is 3.04. The van der Waals surface area contributed by atoms with Crippen LogP contribution in [0.25, 0.3) is 0 Å². The number of esters is 1. The molecule has 0 aliphatic carbocycles. The highest BCUT2D eigenvalue weighted by atomic mass is 35.5. The van der Waals surface area contributed by atoms with Gasteiger partial charge in [0.25, 0.3) is 0 Å². The lowest BCUT2D eigenvalue weighted by Gasteiger charge is -2.07. The topological polar surface area (TPSA) is 39.2 Å². The van der Waals surface area contributed by atoms with E-state index in [2.05, 4.69) is 4.98 Å². The van der Waals surface area contributed by atoms with E-state index in [1.165, 1.54) is 24.5 Å². The van der Waals surface area contributed by atoms with Crippen LogP contribution in [0.15, 0.2) is 36.7 Å². The number of carbonyl (C=O) groups excluding carboxylic acids is 1. The fraction of sp³-hybridized carbons (Fsp3) is 0.143. The van der Waals surface area contributed by atoms with Crippen molar-refractivity contribution in [1.29, 1.82) is 0 Å². The van der Waals surface area contributed by atoms with Crippen molar-refractivity contribution in [3.63, 3.8) is 0 Å². The average Bonchev–Trinajstić information content (AvgIpc) is 2.40. The molecule has 0 radical (unpaired) electrons. The minimum Gasteiger partial charge on any atom is -0.457 e. The Morgan fingerprint density at radius 2 is 2.21 bits per heavy atom. The van der Waals surface area contributed by atoms with Crippen molar-refractivity contribution in [2.24, 2.45) is 0 Å². The number of aryl methyl sites for hydroxylation is 1. The zero-order valence-electron chi connectivity index (χ0n) is 10.2. The first kappa shape index (κ1) is 13.5. The summed E-state index contributed by atoms with van der Waals surface area (Å²) in [6, 6.07) is 5.87. The Hall–Kier alpha value is -1.94. The maximum Gasteiger partial charge on any atom is 0.341 e. The van der Waals surface area contributed by atoms with Gasteiger partial charge in [-0.05, 0) is 25.1 Å². The molecule has 19 heavy (non-hydrogen) atoms. The number of hydrogen-bond acceptors (Lipinski definition) is 3. The van der Waals surface area contributed by atoms with Crippen molar-refractivity contribution in [3.05, 3.63) is 64.2 Å². The van der Waals surface area contributed by atoms with E-state index >= 15 is 0 Å². The lowest BCUT2D eigenvalue weighted by Crippen LogP contribution is -2.08. The second-order valence-electron chi connectivity index (χ2n) is 4.03. The Kier molecular flexibility index (Phi) is 4.12. The highest BCUT2D eigenvalue weighted by Crippen LogP contribution is 2.16. The van der Waals surface area contributed by atoms with Crippen molar-refractivity contribution >= 4 is 17.6 Å². The minimum absolute atomic E-state index is 0.0428. The Balaban J connectivity index is 2.10. The molecular formula is C14H11ClFNO2. The summed E-state index contributed by atoms with van der Waals surface area (Å²) in [5.74, 6) is -1.32. The van der Waals surface area contributed by atoms with Gasteiger partial charge in [-0.3, -0.25) is 4.98 Å². The molecule has 0 saturated heterocycles. The van der Waals surface area contributed by atoms with E-state index in [0.29, 0.717) is 10.6 Å². The van der Waals surface area contributed by atoms with Gasteiger partial charge in [0, 0.05) is 18.0 Å². The van der Waals surface area contributed by atoms with Gasteiger partial charge in [0.1, 0.15) is 12.4 Å². The summed E-state index contributed by atoms with van der Waals surface area (Å²) in [4.78, 5) is 15.7. The van der Waals surface area contributed by atoms with Crippen molar-refractivity contribution in [1.82, 2.24) is 4.98 Å². The third-order valence-electron chi connectivity index (χ3n) is 2.54. The van der Waals surface area contributed by atoms with Crippen LogP contribution in [-0.2, 0) is 11.3 Å². The van der Waals surface area contributed by atoms with E-state index < -0.39 is 11.8 Å². The number of hydrogen-bond donors (Lipinski definition) is 0. The summed E-state index contributed by atoms with van der Waals surface area (Å²) in [6.45, 7) is 1.73. The monoisotopic (exact) mass is 279 g/mol. The maximum absolute atomic E-state index is 13.5. The molecule has 0 spiro atoms. The molecular weight excluding hydrogens is 269 g/mol. The van der Waals surface area contributed by atoms with Crippen LogP contribution in [0.4, 0.5) is 4.39 Å². The van der Waals surface area contributed by atoms with Crippen molar-refractivity contribution in [2.45, 2.75) is 13.5 Å². The van der Waals surface area contributed by atoms with Gasteiger partial charge >= 0.3 is 5.97 Å². The lowest BCUT2D eigenvalue weighted by molar-refractivity contribution is 0.0467. The molecule has 5 heteroatoms. The van der Waals surface area contributed by atoms with Gasteiger partial charge in [0.15, 0.2) is 0 Å². The molecule has 2 rings (SSSR count). The number of benzene rings is 1. The first-order valence-corrected chi connectivity index (χ1v) is 5.97. The van der Waals surface area contributed by atoms with E-state index in [9.17, 15) is 9.18 Å². The van der Waals surface area contributed by atoms with E-state index in [1.807, 2.05) is 0 Å². The van der Waals surface area contributed by atoms with Gasteiger partial charge in [0.2, 0.25) is 0 Å². The molecule has 1 aromatic carbocycles. The SMILES string of the molecule is Cc1ccc(F)c(C(=O)OCc2cnccc2Cl)c1. The number of aromatic nitrogens is 1. The molecule has 1 heterocycles. The van der Waals surface area contributed by atoms with Gasteiger partial charge < -0.3 is 4.74 Å². The Morgan fingerprint density at radius 3 is 2.95 bits per heavy atom. The number of rotatable bonds is 3. The molecule has 0 unspecified atom stereocenters. The van der Waals surface area contributed by atoms with Crippen LogP contribution in [0.1, 0.15) is 21.5 Å². The Labute approximate surface area is 115 Å². The van der Waals surface area contributed by atoms with Crippen LogP contribution < -0.4 is 0 Å². The smallest absolute Gasteiger partial charge is 0.341 e. The van der Waals surface area contributed by atoms with Crippen LogP contribution in [0, 0.1) is 12.7 Å². The number of pyridine rings is 1. The molecule has 0 aliphatic rings. The first-order chi connectivity index (χ1) is 9.08. The summed E-state index contributed by atoms with van der Waals surface area (Å²) >= 11 is 5.90. The fourth-order valence-electron chi connectivity index (χ4n) is 1.53. The van der Waals surface area contributed by atoms with Crippen LogP contribution in [0.2, 0.25) is 5.02 Å². The van der Waals surface area contributed by atoms with Gasteiger partial charge in [-0.15, -0.1) is 0 Å². The van der Waals surface area contributed by atoms with Crippen LogP contribution >= 0.6 is 11.6 Å². The van der Waals surface area contributed by atoms with E-state index in [0.717, 1.165) is 5.56 Å². The quantitative estimate of drug-likeness (QED) is 0.807. The predicted octanol–water partition coefficient (Wildman–Crippen LogP) is 3.54. The predicted molar refractivity (Wildman–Crippen MR) is 69.5 cm³/mol. The lowest BCUT2D eigenvalue weighted by atomic mass is 10.1. The number of halogens is 2. The zero-order chi connectivity index (χ0) is 13.8. The maximum atomic E-state index is 13.5. The molecule has 0 saturated carbocycles. The molecule has 0 N–H and O–H groups in total. The molecule has 0 bridgehead atoms. The molecule has 0 amide bonds. The van der Waals surface area contributed by atoms with Crippen LogP contribution in [-0.4, -0.2) is 11.0 Å². The number of ether oxygens (including phenoxy) is 1. The molecule has 2 aromatic rings. The molecule has 0 fully saturated rings.